The molecular formula is C14H22N2O2S. The van der Waals surface area contributed by atoms with E-state index in [1.165, 1.54) is 23.6 Å². The fraction of sp³-hybridized carbons (Fsp3) is 0.643. The van der Waals surface area contributed by atoms with Crippen LogP contribution in [0.15, 0.2) is 24.4 Å². The predicted molar refractivity (Wildman–Crippen MR) is 76.1 cm³/mol. The van der Waals surface area contributed by atoms with Gasteiger partial charge in [-0.1, -0.05) is 25.3 Å². The Hall–Kier alpha value is -0.940. The Bertz CT molecular complexity index is 481. The van der Waals surface area contributed by atoms with Gasteiger partial charge in [-0.15, -0.1) is 0 Å². The van der Waals surface area contributed by atoms with Crippen molar-refractivity contribution in [1.29, 1.82) is 0 Å². The molecule has 1 aliphatic carbocycles. The van der Waals surface area contributed by atoms with E-state index >= 15 is 0 Å². The largest absolute Gasteiger partial charge is 0.260 e. The van der Waals surface area contributed by atoms with E-state index < -0.39 is 10.0 Å². The molecule has 0 unspecified atom stereocenters. The average Bonchev–Trinajstić information content (AvgIpc) is 2.40. The molecule has 0 aromatic carbocycles. The van der Waals surface area contributed by atoms with Crippen molar-refractivity contribution >= 4 is 10.0 Å². The van der Waals surface area contributed by atoms with Crippen molar-refractivity contribution in [2.75, 3.05) is 12.8 Å². The first kappa shape index (κ1) is 14.5. The molecule has 106 valence electrons. The van der Waals surface area contributed by atoms with E-state index in [-0.39, 0.29) is 5.75 Å². The molecule has 0 bridgehead atoms. The summed E-state index contributed by atoms with van der Waals surface area (Å²) in [6.07, 6.45) is 7.39. The van der Waals surface area contributed by atoms with E-state index in [1.54, 1.807) is 13.2 Å². The standard InChI is InChI=1S/C14H22N2O2S/c1-16(11-14-9-5-6-10-15-14)19(17,18)12-13-7-3-2-4-8-13/h5-6,9-10,13H,2-4,7-8,11-12H2,1H3. The van der Waals surface area contributed by atoms with Crippen molar-refractivity contribution in [3.8, 4) is 0 Å². The number of sulfonamides is 1. The van der Waals surface area contributed by atoms with Gasteiger partial charge in [-0.3, -0.25) is 4.98 Å². The fourth-order valence-corrected chi connectivity index (χ4v) is 4.11. The van der Waals surface area contributed by atoms with Crippen molar-refractivity contribution in [3.05, 3.63) is 30.1 Å². The minimum Gasteiger partial charge on any atom is -0.260 e. The lowest BCUT2D eigenvalue weighted by molar-refractivity contribution is 0.374. The molecule has 0 amide bonds. The molecule has 1 fully saturated rings. The lowest BCUT2D eigenvalue weighted by Gasteiger charge is -2.24. The summed E-state index contributed by atoms with van der Waals surface area (Å²) in [7, 11) is -1.52. The van der Waals surface area contributed by atoms with Crippen LogP contribution in [0.25, 0.3) is 0 Å². The van der Waals surface area contributed by atoms with Crippen molar-refractivity contribution < 1.29 is 8.42 Å². The number of nitrogens with zero attached hydrogens (tertiary/aromatic N) is 2. The second-order valence-corrected chi connectivity index (χ2v) is 7.48. The van der Waals surface area contributed by atoms with Crippen LogP contribution in [0.5, 0.6) is 0 Å². The summed E-state index contributed by atoms with van der Waals surface area (Å²) in [6.45, 7) is 0.357. The molecule has 19 heavy (non-hydrogen) atoms. The quantitative estimate of drug-likeness (QED) is 0.833. The minimum atomic E-state index is -3.16. The fourth-order valence-electron chi connectivity index (χ4n) is 2.60. The molecule has 1 saturated carbocycles. The van der Waals surface area contributed by atoms with Crippen LogP contribution >= 0.6 is 0 Å². The highest BCUT2D eigenvalue weighted by molar-refractivity contribution is 7.89. The summed E-state index contributed by atoms with van der Waals surface area (Å²) in [5.41, 5.74) is 0.789. The molecule has 1 aromatic rings. The molecule has 5 heteroatoms. The molecule has 0 atom stereocenters. The first-order chi connectivity index (χ1) is 9.08. The third-order valence-electron chi connectivity index (χ3n) is 3.76. The molecule has 2 rings (SSSR count). The second kappa shape index (κ2) is 6.48. The van der Waals surface area contributed by atoms with Crippen LogP contribution in [0.2, 0.25) is 0 Å². The maximum atomic E-state index is 12.3. The van der Waals surface area contributed by atoms with Crippen molar-refractivity contribution in [2.24, 2.45) is 5.92 Å². The molecular weight excluding hydrogens is 260 g/mol. The SMILES string of the molecule is CN(Cc1ccccn1)S(=O)(=O)CC1CCCCC1. The highest BCUT2D eigenvalue weighted by Gasteiger charge is 2.25. The smallest absolute Gasteiger partial charge is 0.214 e. The van der Waals surface area contributed by atoms with E-state index in [4.69, 9.17) is 0 Å². The van der Waals surface area contributed by atoms with Crippen LogP contribution in [0.1, 0.15) is 37.8 Å². The van der Waals surface area contributed by atoms with Crippen molar-refractivity contribution in [2.45, 2.75) is 38.6 Å². The third kappa shape index (κ3) is 4.28. The van der Waals surface area contributed by atoms with Gasteiger partial charge in [0, 0.05) is 13.2 Å². The van der Waals surface area contributed by atoms with Gasteiger partial charge in [0.05, 0.1) is 18.0 Å². The van der Waals surface area contributed by atoms with Crippen LogP contribution in [-0.2, 0) is 16.6 Å². The maximum Gasteiger partial charge on any atom is 0.214 e. The Morgan fingerprint density at radius 1 is 1.26 bits per heavy atom. The molecule has 0 N–H and O–H groups in total. The first-order valence-corrected chi connectivity index (χ1v) is 8.53. The molecule has 1 aliphatic rings. The Morgan fingerprint density at radius 3 is 2.63 bits per heavy atom. The van der Waals surface area contributed by atoms with Gasteiger partial charge in [0.1, 0.15) is 0 Å². The highest BCUT2D eigenvalue weighted by Crippen LogP contribution is 2.25. The van der Waals surface area contributed by atoms with Gasteiger partial charge in [-0.2, -0.15) is 4.31 Å². The summed E-state index contributed by atoms with van der Waals surface area (Å²) >= 11 is 0. The molecule has 1 heterocycles. The van der Waals surface area contributed by atoms with Crippen molar-refractivity contribution in [1.82, 2.24) is 9.29 Å². The zero-order chi connectivity index (χ0) is 13.7. The highest BCUT2D eigenvalue weighted by atomic mass is 32.2. The van der Waals surface area contributed by atoms with Gasteiger partial charge in [0.25, 0.3) is 0 Å². The van der Waals surface area contributed by atoms with Crippen LogP contribution in [0, 0.1) is 5.92 Å². The molecule has 4 nitrogen and oxygen atoms in total. The van der Waals surface area contributed by atoms with Crippen LogP contribution in [0.4, 0.5) is 0 Å². The lowest BCUT2D eigenvalue weighted by Crippen LogP contribution is -2.32. The third-order valence-corrected chi connectivity index (χ3v) is 5.73. The van der Waals surface area contributed by atoms with Crippen LogP contribution < -0.4 is 0 Å². The number of hydrogen-bond donors (Lipinski definition) is 0. The van der Waals surface area contributed by atoms with Gasteiger partial charge >= 0.3 is 0 Å². The molecule has 0 saturated heterocycles. The lowest BCUT2D eigenvalue weighted by atomic mass is 9.91. The van der Waals surface area contributed by atoms with E-state index in [0.29, 0.717) is 12.5 Å². The van der Waals surface area contributed by atoms with Gasteiger partial charge in [-0.05, 0) is 30.9 Å². The monoisotopic (exact) mass is 282 g/mol. The van der Waals surface area contributed by atoms with E-state index in [2.05, 4.69) is 4.98 Å². The summed E-state index contributed by atoms with van der Waals surface area (Å²) in [5.74, 6) is 0.626. The van der Waals surface area contributed by atoms with E-state index in [9.17, 15) is 8.42 Å². The Kier molecular flexibility index (Phi) is 4.93. The average molecular weight is 282 g/mol. The zero-order valence-corrected chi connectivity index (χ0v) is 12.3. The summed E-state index contributed by atoms with van der Waals surface area (Å²) < 4.78 is 26.0. The van der Waals surface area contributed by atoms with E-state index in [1.807, 2.05) is 18.2 Å². The Morgan fingerprint density at radius 2 is 2.00 bits per heavy atom. The minimum absolute atomic E-state index is 0.288. The predicted octanol–water partition coefficient (Wildman–Crippen LogP) is 2.42. The summed E-state index contributed by atoms with van der Waals surface area (Å²) in [4.78, 5) is 4.17. The summed E-state index contributed by atoms with van der Waals surface area (Å²) in [5, 5.41) is 0. The maximum absolute atomic E-state index is 12.3. The normalized spacial score (nSPS) is 17.8. The van der Waals surface area contributed by atoms with Crippen LogP contribution in [0.3, 0.4) is 0 Å². The van der Waals surface area contributed by atoms with Gasteiger partial charge in [0.2, 0.25) is 10.0 Å². The molecule has 0 aliphatic heterocycles. The number of rotatable bonds is 5. The number of hydrogen-bond acceptors (Lipinski definition) is 3. The summed E-state index contributed by atoms with van der Waals surface area (Å²) in [6, 6.07) is 5.57. The Balaban J connectivity index is 1.94. The van der Waals surface area contributed by atoms with Gasteiger partial charge in [0.15, 0.2) is 0 Å². The van der Waals surface area contributed by atoms with Gasteiger partial charge < -0.3 is 0 Å². The molecule has 1 aromatic heterocycles. The number of pyridine rings is 1. The van der Waals surface area contributed by atoms with E-state index in [0.717, 1.165) is 18.5 Å². The van der Waals surface area contributed by atoms with Crippen LogP contribution in [-0.4, -0.2) is 30.5 Å². The zero-order valence-electron chi connectivity index (χ0n) is 11.5. The Labute approximate surface area is 115 Å². The molecule has 0 radical (unpaired) electrons. The molecule has 0 spiro atoms. The van der Waals surface area contributed by atoms with Crippen molar-refractivity contribution in [3.63, 3.8) is 0 Å². The first-order valence-electron chi connectivity index (χ1n) is 6.92. The van der Waals surface area contributed by atoms with Gasteiger partial charge in [-0.25, -0.2) is 8.42 Å². The number of aromatic nitrogens is 1. The topological polar surface area (TPSA) is 50.3 Å². The second-order valence-electron chi connectivity index (χ2n) is 5.36.